The molecule has 2 aromatic rings. The van der Waals surface area contributed by atoms with Crippen LogP contribution in [0.5, 0.6) is 0 Å². The summed E-state index contributed by atoms with van der Waals surface area (Å²) in [5, 5.41) is 4.44. The van der Waals surface area contributed by atoms with Crippen LogP contribution in [0.15, 0.2) is 28.7 Å². The Morgan fingerprint density at radius 2 is 1.35 bits per heavy atom. The topological polar surface area (TPSA) is 0 Å². The molecular formula is C18H20BrP. The van der Waals surface area contributed by atoms with E-state index in [4.69, 9.17) is 0 Å². The van der Waals surface area contributed by atoms with Crippen LogP contribution in [0.2, 0.25) is 0 Å². The molecule has 0 aromatic heterocycles. The molecule has 20 heavy (non-hydrogen) atoms. The van der Waals surface area contributed by atoms with Crippen LogP contribution >= 0.6 is 23.9 Å². The van der Waals surface area contributed by atoms with Gasteiger partial charge in [-0.1, -0.05) is 81.9 Å². The maximum atomic E-state index is 3.79. The van der Waals surface area contributed by atoms with Crippen LogP contribution in [0.1, 0.15) is 38.8 Å². The second-order valence-corrected chi connectivity index (χ2v) is 10.2. The normalized spacial score (nSPS) is 13.4. The summed E-state index contributed by atoms with van der Waals surface area (Å²) in [6.07, 6.45) is 4.47. The third-order valence-corrected chi connectivity index (χ3v) is 7.80. The molecule has 0 heterocycles. The van der Waals surface area contributed by atoms with Gasteiger partial charge in [0, 0.05) is 9.86 Å². The van der Waals surface area contributed by atoms with Gasteiger partial charge in [-0.15, -0.1) is 0 Å². The van der Waals surface area contributed by atoms with E-state index in [0.29, 0.717) is 11.3 Å². The molecule has 0 N–H and O–H groups in total. The molecule has 1 aliphatic rings. The van der Waals surface area contributed by atoms with Crippen LogP contribution < -0.4 is 5.30 Å². The Bertz CT molecular complexity index is 678. The second kappa shape index (κ2) is 5.28. The molecule has 0 saturated carbocycles. The van der Waals surface area contributed by atoms with Crippen molar-refractivity contribution in [3.63, 3.8) is 0 Å². The molecule has 0 fully saturated rings. The fourth-order valence-electron chi connectivity index (χ4n) is 3.32. The fraction of sp³-hybridized carbons (Fsp3) is 0.333. The van der Waals surface area contributed by atoms with Gasteiger partial charge in [-0.2, -0.15) is 0 Å². The first kappa shape index (κ1) is 14.3. The van der Waals surface area contributed by atoms with E-state index in [2.05, 4.69) is 80.0 Å². The Balaban J connectivity index is 2.34. The zero-order chi connectivity index (χ0) is 14.4. The van der Waals surface area contributed by atoms with E-state index in [1.165, 1.54) is 26.4 Å². The first-order chi connectivity index (χ1) is 9.50. The van der Waals surface area contributed by atoms with E-state index in [1.54, 1.807) is 5.30 Å². The smallest absolute Gasteiger partial charge is 0.0260 e. The predicted octanol–water partition coefficient (Wildman–Crippen LogP) is 6.01. The van der Waals surface area contributed by atoms with E-state index < -0.39 is 0 Å². The van der Waals surface area contributed by atoms with Crippen molar-refractivity contribution in [3.05, 3.63) is 39.9 Å². The minimum Gasteiger partial charge on any atom is -0.0693 e. The lowest BCUT2D eigenvalue weighted by Crippen LogP contribution is -2.16. The van der Waals surface area contributed by atoms with Crippen molar-refractivity contribution in [2.24, 2.45) is 0 Å². The average molecular weight is 347 g/mol. The lowest BCUT2D eigenvalue weighted by molar-refractivity contribution is 1.02. The van der Waals surface area contributed by atoms with Gasteiger partial charge >= 0.3 is 0 Å². The molecule has 0 bridgehead atoms. The summed E-state index contributed by atoms with van der Waals surface area (Å²) in [5.41, 5.74) is 4.15. The first-order valence-electron chi connectivity index (χ1n) is 7.22. The van der Waals surface area contributed by atoms with Gasteiger partial charge in [0.1, 0.15) is 0 Å². The molecular weight excluding hydrogens is 327 g/mol. The van der Waals surface area contributed by atoms with E-state index in [1.807, 2.05) is 0 Å². The van der Waals surface area contributed by atoms with Crippen molar-refractivity contribution in [3.8, 4) is 0 Å². The Hall–Kier alpha value is -0.650. The molecule has 3 rings (SSSR count). The van der Waals surface area contributed by atoms with E-state index in [-0.39, 0.29) is 7.92 Å². The summed E-state index contributed by atoms with van der Waals surface area (Å²) in [6, 6.07) is 9.09. The van der Waals surface area contributed by atoms with Crippen LogP contribution in [0, 0.1) is 0 Å². The van der Waals surface area contributed by atoms with Crippen molar-refractivity contribution in [1.29, 1.82) is 0 Å². The number of rotatable bonds is 3. The lowest BCUT2D eigenvalue weighted by Gasteiger charge is -2.28. The molecule has 0 atom stereocenters. The second-order valence-electron chi connectivity index (χ2n) is 5.99. The van der Waals surface area contributed by atoms with Crippen molar-refractivity contribution < 1.29 is 0 Å². The minimum absolute atomic E-state index is 0.145. The van der Waals surface area contributed by atoms with E-state index in [9.17, 15) is 0 Å². The lowest BCUT2D eigenvalue weighted by atomic mass is 10.0. The Labute approximate surface area is 131 Å². The summed E-state index contributed by atoms with van der Waals surface area (Å²) < 4.78 is 1.24. The number of halogens is 1. The summed E-state index contributed by atoms with van der Waals surface area (Å²) in [5.74, 6) is 0. The number of hydrogen-bond acceptors (Lipinski definition) is 0. The standard InChI is InChI=1S/C18H20BrP/c1-11(2)20(12(3)4)16-10-8-14-6-5-13-7-9-15(19)18(16)17(13)14/h5-12H,1-4H3. The molecule has 0 unspecified atom stereocenters. The van der Waals surface area contributed by atoms with Gasteiger partial charge in [-0.25, -0.2) is 0 Å². The third kappa shape index (κ3) is 2.16. The molecule has 2 aromatic carbocycles. The highest BCUT2D eigenvalue weighted by Crippen LogP contribution is 2.48. The van der Waals surface area contributed by atoms with Crippen molar-refractivity contribution >= 4 is 52.1 Å². The average Bonchev–Trinajstić information content (AvgIpc) is 2.78. The molecule has 1 aliphatic carbocycles. The zero-order valence-electron chi connectivity index (χ0n) is 12.4. The monoisotopic (exact) mass is 346 g/mol. The highest BCUT2D eigenvalue weighted by Gasteiger charge is 2.24. The largest absolute Gasteiger partial charge is 0.0693 e. The van der Waals surface area contributed by atoms with Crippen LogP contribution in [0.3, 0.4) is 0 Å². The van der Waals surface area contributed by atoms with Gasteiger partial charge in [0.05, 0.1) is 0 Å². The summed E-state index contributed by atoms with van der Waals surface area (Å²) in [7, 11) is -0.145. The van der Waals surface area contributed by atoms with Gasteiger partial charge in [-0.3, -0.25) is 0 Å². The van der Waals surface area contributed by atoms with Crippen molar-refractivity contribution in [1.82, 2.24) is 0 Å². The molecule has 0 saturated heterocycles. The van der Waals surface area contributed by atoms with E-state index in [0.717, 1.165) is 0 Å². The Kier molecular flexibility index (Phi) is 3.77. The number of benzene rings is 2. The van der Waals surface area contributed by atoms with Crippen LogP contribution in [0.25, 0.3) is 22.9 Å². The van der Waals surface area contributed by atoms with Crippen LogP contribution in [-0.2, 0) is 0 Å². The van der Waals surface area contributed by atoms with Crippen molar-refractivity contribution in [2.75, 3.05) is 0 Å². The molecule has 2 heteroatoms. The summed E-state index contributed by atoms with van der Waals surface area (Å²) in [6.45, 7) is 9.45. The molecule has 0 spiro atoms. The van der Waals surface area contributed by atoms with Crippen LogP contribution in [-0.4, -0.2) is 11.3 Å². The predicted molar refractivity (Wildman–Crippen MR) is 97.4 cm³/mol. The molecule has 0 aliphatic heterocycles. The zero-order valence-corrected chi connectivity index (χ0v) is 14.9. The maximum absolute atomic E-state index is 3.79. The maximum Gasteiger partial charge on any atom is 0.0260 e. The first-order valence-corrected chi connectivity index (χ1v) is 9.49. The number of hydrogen-bond donors (Lipinski definition) is 0. The van der Waals surface area contributed by atoms with E-state index >= 15 is 0 Å². The highest BCUT2D eigenvalue weighted by atomic mass is 79.9. The Morgan fingerprint density at radius 1 is 0.800 bits per heavy atom. The molecule has 0 radical (unpaired) electrons. The van der Waals surface area contributed by atoms with Gasteiger partial charge in [-0.05, 0) is 39.2 Å². The minimum atomic E-state index is -0.145. The Morgan fingerprint density at radius 3 is 1.90 bits per heavy atom. The quantitative estimate of drug-likeness (QED) is 0.509. The SMILES string of the molecule is CC(C)P(c1ccc2c3c(ccc(Br)c13)C=C2)C(C)C. The van der Waals surface area contributed by atoms with Gasteiger partial charge in [0.2, 0.25) is 0 Å². The van der Waals surface area contributed by atoms with Gasteiger partial charge in [0.25, 0.3) is 0 Å². The molecule has 104 valence electrons. The molecule has 0 nitrogen and oxygen atoms in total. The van der Waals surface area contributed by atoms with Crippen molar-refractivity contribution in [2.45, 2.75) is 39.0 Å². The molecule has 0 amide bonds. The summed E-state index contributed by atoms with van der Waals surface area (Å²) in [4.78, 5) is 0. The van der Waals surface area contributed by atoms with Gasteiger partial charge in [0.15, 0.2) is 0 Å². The highest BCUT2D eigenvalue weighted by molar-refractivity contribution is 9.10. The van der Waals surface area contributed by atoms with Crippen LogP contribution in [0.4, 0.5) is 0 Å². The van der Waals surface area contributed by atoms with Gasteiger partial charge < -0.3 is 0 Å². The third-order valence-electron chi connectivity index (χ3n) is 3.99. The summed E-state index contributed by atoms with van der Waals surface area (Å²) >= 11 is 3.79. The fourth-order valence-corrected chi connectivity index (χ4v) is 7.05.